The Hall–Kier alpha value is -3.68. The van der Waals surface area contributed by atoms with E-state index in [4.69, 9.17) is 9.15 Å². The zero-order valence-corrected chi connectivity index (χ0v) is 16.6. The third kappa shape index (κ3) is 5.09. The normalized spacial score (nSPS) is 18.4. The molecule has 3 aromatic rings. The summed E-state index contributed by atoms with van der Waals surface area (Å²) < 4.78 is 24.0. The van der Waals surface area contributed by atoms with E-state index in [9.17, 15) is 18.8 Å². The predicted molar refractivity (Wildman–Crippen MR) is 112 cm³/mol. The lowest BCUT2D eigenvalue weighted by Gasteiger charge is -2.29. The number of carbonyl (C=O) groups excluding carboxylic acids is 2. The van der Waals surface area contributed by atoms with Crippen LogP contribution in [0.15, 0.2) is 63.8 Å². The van der Waals surface area contributed by atoms with Crippen LogP contribution in [-0.2, 0) is 4.74 Å². The molecule has 1 heterocycles. The Balaban J connectivity index is 1.35. The number of ether oxygens (including phenoxy) is 1. The Kier molecular flexibility index (Phi) is 5.97. The zero-order chi connectivity index (χ0) is 21.8. The minimum Gasteiger partial charge on any atom is -0.451 e. The number of anilines is 1. The van der Waals surface area contributed by atoms with E-state index in [0.29, 0.717) is 29.5 Å². The summed E-state index contributed by atoms with van der Waals surface area (Å²) in [4.78, 5) is 36.9. The molecule has 4 rings (SSSR count). The maximum atomic E-state index is 13.0. The Morgan fingerprint density at radius 3 is 2.65 bits per heavy atom. The second-order valence-corrected chi connectivity index (χ2v) is 7.47. The van der Waals surface area contributed by atoms with Crippen molar-refractivity contribution < 1.29 is 23.1 Å². The van der Waals surface area contributed by atoms with E-state index < -0.39 is 17.8 Å². The van der Waals surface area contributed by atoms with Crippen molar-refractivity contribution in [3.8, 4) is 0 Å². The van der Waals surface area contributed by atoms with Gasteiger partial charge in [0.15, 0.2) is 11.2 Å². The predicted octanol–water partition coefficient (Wildman–Crippen LogP) is 4.22. The summed E-state index contributed by atoms with van der Waals surface area (Å²) in [6, 6.07) is 13.1. The van der Waals surface area contributed by atoms with Crippen molar-refractivity contribution >= 4 is 28.7 Å². The van der Waals surface area contributed by atoms with Crippen LogP contribution in [0.1, 0.15) is 36.2 Å². The first-order valence-corrected chi connectivity index (χ1v) is 10.0. The van der Waals surface area contributed by atoms with Crippen LogP contribution in [0.3, 0.4) is 0 Å². The van der Waals surface area contributed by atoms with Crippen LogP contribution in [-0.4, -0.2) is 24.1 Å². The number of hydrogen-bond acceptors (Lipinski definition) is 5. The molecule has 1 saturated carbocycles. The monoisotopic (exact) mass is 424 g/mol. The van der Waals surface area contributed by atoms with Crippen LogP contribution in [0.25, 0.3) is 11.0 Å². The molecule has 0 aliphatic heterocycles. The highest BCUT2D eigenvalue weighted by molar-refractivity contribution is 5.93. The molecule has 0 saturated heterocycles. The molecule has 2 amide bonds. The van der Waals surface area contributed by atoms with Gasteiger partial charge in [0, 0.05) is 24.2 Å². The summed E-state index contributed by atoms with van der Waals surface area (Å²) in [6.07, 6.45) is 1.60. The Bertz CT molecular complexity index is 1160. The van der Waals surface area contributed by atoms with Crippen LogP contribution in [0.4, 0.5) is 14.9 Å². The Labute approximate surface area is 177 Å². The number of rotatable bonds is 4. The van der Waals surface area contributed by atoms with Crippen molar-refractivity contribution in [2.45, 2.75) is 37.8 Å². The second-order valence-electron chi connectivity index (χ2n) is 7.47. The molecular formula is C23H21FN2O5. The molecule has 1 aliphatic carbocycles. The van der Waals surface area contributed by atoms with E-state index in [1.165, 1.54) is 30.3 Å². The van der Waals surface area contributed by atoms with Gasteiger partial charge in [0.2, 0.25) is 0 Å². The third-order valence-electron chi connectivity index (χ3n) is 5.18. The van der Waals surface area contributed by atoms with Crippen LogP contribution in [0.5, 0.6) is 0 Å². The van der Waals surface area contributed by atoms with Gasteiger partial charge in [-0.05, 0) is 55.7 Å². The number of benzene rings is 2. The molecule has 0 bridgehead atoms. The van der Waals surface area contributed by atoms with Crippen molar-refractivity contribution in [2.75, 3.05) is 5.32 Å². The first kappa shape index (κ1) is 20.6. The molecule has 2 atom stereocenters. The summed E-state index contributed by atoms with van der Waals surface area (Å²) >= 11 is 0. The molecule has 2 aromatic carbocycles. The van der Waals surface area contributed by atoms with Crippen molar-refractivity contribution in [3.63, 3.8) is 0 Å². The number of para-hydroxylation sites is 1. The number of fused-ring (bicyclic) bond motifs is 1. The van der Waals surface area contributed by atoms with Gasteiger partial charge in [-0.3, -0.25) is 14.9 Å². The Morgan fingerprint density at radius 2 is 1.84 bits per heavy atom. The number of nitrogens with one attached hydrogen (secondary N) is 2. The number of hydrogen-bond donors (Lipinski definition) is 2. The fourth-order valence-corrected chi connectivity index (χ4v) is 3.69. The molecule has 2 N–H and O–H groups in total. The SMILES string of the molecule is O=C(Nc1ccc(F)cc1)O[C@H]1CCC[C@H](NC(=O)c2cc(=O)c3ccccc3o2)C1. The van der Waals surface area contributed by atoms with Gasteiger partial charge in [-0.1, -0.05) is 12.1 Å². The molecule has 1 aliphatic rings. The lowest BCUT2D eigenvalue weighted by Crippen LogP contribution is -2.41. The average molecular weight is 424 g/mol. The van der Waals surface area contributed by atoms with Gasteiger partial charge in [-0.25, -0.2) is 9.18 Å². The quantitative estimate of drug-likeness (QED) is 0.654. The lowest BCUT2D eigenvalue weighted by atomic mass is 9.92. The van der Waals surface area contributed by atoms with E-state index in [0.717, 1.165) is 12.8 Å². The van der Waals surface area contributed by atoms with E-state index >= 15 is 0 Å². The van der Waals surface area contributed by atoms with Gasteiger partial charge in [0.25, 0.3) is 5.91 Å². The standard InChI is InChI=1S/C23H21FN2O5/c24-14-8-10-15(11-9-14)26-23(29)30-17-5-3-4-16(12-17)25-22(28)21-13-19(27)18-6-1-2-7-20(18)31-21/h1-2,6-11,13,16-17H,3-5,12H2,(H,25,28)(H,26,29)/t16-,17-/m0/s1. The molecule has 160 valence electrons. The first-order valence-electron chi connectivity index (χ1n) is 10.0. The summed E-state index contributed by atoms with van der Waals surface area (Å²) in [5.41, 5.74) is 0.496. The average Bonchev–Trinajstić information content (AvgIpc) is 2.75. The van der Waals surface area contributed by atoms with Crippen LogP contribution in [0, 0.1) is 5.82 Å². The van der Waals surface area contributed by atoms with Crippen LogP contribution < -0.4 is 16.1 Å². The molecular weight excluding hydrogens is 403 g/mol. The largest absolute Gasteiger partial charge is 0.451 e. The minimum atomic E-state index is -0.635. The number of amides is 2. The number of halogens is 1. The number of carbonyl (C=O) groups is 2. The fourth-order valence-electron chi connectivity index (χ4n) is 3.69. The maximum Gasteiger partial charge on any atom is 0.411 e. The smallest absolute Gasteiger partial charge is 0.411 e. The second kappa shape index (κ2) is 8.99. The molecule has 8 heteroatoms. The molecule has 1 fully saturated rings. The molecule has 31 heavy (non-hydrogen) atoms. The van der Waals surface area contributed by atoms with Crippen molar-refractivity contribution in [2.24, 2.45) is 0 Å². The van der Waals surface area contributed by atoms with Gasteiger partial charge in [-0.15, -0.1) is 0 Å². The molecule has 0 radical (unpaired) electrons. The highest BCUT2D eigenvalue weighted by Crippen LogP contribution is 2.22. The van der Waals surface area contributed by atoms with Crippen LogP contribution in [0.2, 0.25) is 0 Å². The van der Waals surface area contributed by atoms with Gasteiger partial charge in [-0.2, -0.15) is 0 Å². The summed E-state index contributed by atoms with van der Waals surface area (Å²) in [7, 11) is 0. The molecule has 0 unspecified atom stereocenters. The van der Waals surface area contributed by atoms with E-state index in [-0.39, 0.29) is 23.3 Å². The maximum absolute atomic E-state index is 13.0. The highest BCUT2D eigenvalue weighted by atomic mass is 19.1. The topological polar surface area (TPSA) is 97.6 Å². The van der Waals surface area contributed by atoms with Gasteiger partial charge in [0.1, 0.15) is 17.5 Å². The van der Waals surface area contributed by atoms with E-state index in [1.54, 1.807) is 24.3 Å². The van der Waals surface area contributed by atoms with Crippen molar-refractivity contribution in [1.82, 2.24) is 5.32 Å². The van der Waals surface area contributed by atoms with Gasteiger partial charge >= 0.3 is 6.09 Å². The van der Waals surface area contributed by atoms with E-state index in [2.05, 4.69) is 10.6 Å². The fraction of sp³-hybridized carbons (Fsp3) is 0.261. The first-order chi connectivity index (χ1) is 15.0. The van der Waals surface area contributed by atoms with E-state index in [1.807, 2.05) is 0 Å². The molecule has 7 nitrogen and oxygen atoms in total. The van der Waals surface area contributed by atoms with Crippen molar-refractivity contribution in [1.29, 1.82) is 0 Å². The molecule has 1 aromatic heterocycles. The van der Waals surface area contributed by atoms with Crippen LogP contribution >= 0.6 is 0 Å². The van der Waals surface area contributed by atoms with Gasteiger partial charge in [0.05, 0.1) is 5.39 Å². The van der Waals surface area contributed by atoms with Gasteiger partial charge < -0.3 is 14.5 Å². The Morgan fingerprint density at radius 1 is 1.06 bits per heavy atom. The zero-order valence-electron chi connectivity index (χ0n) is 16.6. The summed E-state index contributed by atoms with van der Waals surface area (Å²) in [5, 5.41) is 5.83. The summed E-state index contributed by atoms with van der Waals surface area (Å²) in [5.74, 6) is -0.933. The lowest BCUT2D eigenvalue weighted by molar-refractivity contribution is 0.0702. The summed E-state index contributed by atoms with van der Waals surface area (Å²) in [6.45, 7) is 0. The minimum absolute atomic E-state index is 0.0548. The molecule has 0 spiro atoms. The van der Waals surface area contributed by atoms with Crippen molar-refractivity contribution in [3.05, 3.63) is 76.4 Å². The third-order valence-corrected chi connectivity index (χ3v) is 5.18. The highest BCUT2D eigenvalue weighted by Gasteiger charge is 2.27.